The molecule has 0 aliphatic rings. The van der Waals surface area contributed by atoms with Gasteiger partial charge in [-0.15, -0.1) is 11.3 Å². The number of rotatable bonds is 5. The second-order valence-corrected chi connectivity index (χ2v) is 6.67. The molecule has 0 fully saturated rings. The molecule has 6 nitrogen and oxygen atoms in total. The molecular weight excluding hydrogens is 334 g/mol. The van der Waals surface area contributed by atoms with Crippen molar-refractivity contribution in [2.24, 2.45) is 0 Å². The number of hydrogen-bond donors (Lipinski definition) is 2. The van der Waals surface area contributed by atoms with Gasteiger partial charge in [0.15, 0.2) is 0 Å². The molecular formula is C18H19N5OS. The van der Waals surface area contributed by atoms with Crippen molar-refractivity contribution in [2.75, 3.05) is 29.6 Å². The zero-order valence-corrected chi connectivity index (χ0v) is 15.1. The van der Waals surface area contributed by atoms with Crippen molar-refractivity contribution in [3.63, 3.8) is 0 Å². The number of amides is 1. The second kappa shape index (κ2) is 7.31. The molecule has 0 atom stereocenters. The van der Waals surface area contributed by atoms with E-state index in [-0.39, 0.29) is 5.91 Å². The first-order chi connectivity index (χ1) is 12.0. The molecule has 0 aliphatic carbocycles. The van der Waals surface area contributed by atoms with Gasteiger partial charge in [0.05, 0.1) is 4.88 Å². The van der Waals surface area contributed by atoms with Gasteiger partial charge in [0.1, 0.15) is 5.82 Å². The van der Waals surface area contributed by atoms with Gasteiger partial charge in [-0.05, 0) is 42.6 Å². The van der Waals surface area contributed by atoms with Gasteiger partial charge in [0, 0.05) is 37.2 Å². The first-order valence-corrected chi connectivity index (χ1v) is 8.64. The van der Waals surface area contributed by atoms with Gasteiger partial charge in [-0.3, -0.25) is 4.79 Å². The van der Waals surface area contributed by atoms with Gasteiger partial charge in [-0.25, -0.2) is 4.98 Å². The van der Waals surface area contributed by atoms with Gasteiger partial charge in [-0.2, -0.15) is 4.98 Å². The summed E-state index contributed by atoms with van der Waals surface area (Å²) in [6.07, 6.45) is 0. The fraction of sp³-hybridized carbons (Fsp3) is 0.167. The highest BCUT2D eigenvalue weighted by Gasteiger charge is 2.07. The van der Waals surface area contributed by atoms with Crippen LogP contribution >= 0.6 is 11.3 Å². The third-order valence-electron chi connectivity index (χ3n) is 3.44. The second-order valence-electron chi connectivity index (χ2n) is 5.72. The van der Waals surface area contributed by atoms with Crippen molar-refractivity contribution in [3.8, 4) is 0 Å². The van der Waals surface area contributed by atoms with Gasteiger partial charge >= 0.3 is 0 Å². The Morgan fingerprint density at radius 2 is 1.80 bits per heavy atom. The van der Waals surface area contributed by atoms with E-state index in [1.807, 2.05) is 67.7 Å². The minimum atomic E-state index is -0.103. The minimum Gasteiger partial charge on any atom is -0.363 e. The van der Waals surface area contributed by atoms with Crippen LogP contribution in [0.1, 0.15) is 15.4 Å². The summed E-state index contributed by atoms with van der Waals surface area (Å²) in [6, 6.07) is 13.0. The molecule has 0 spiro atoms. The number of benzene rings is 1. The Morgan fingerprint density at radius 1 is 1.08 bits per heavy atom. The summed E-state index contributed by atoms with van der Waals surface area (Å²) in [5.41, 5.74) is 2.48. The molecule has 0 aliphatic heterocycles. The van der Waals surface area contributed by atoms with Crippen LogP contribution in [0, 0.1) is 6.92 Å². The highest BCUT2D eigenvalue weighted by molar-refractivity contribution is 7.12. The number of anilines is 4. The molecule has 0 unspecified atom stereocenters. The topological polar surface area (TPSA) is 70.2 Å². The van der Waals surface area contributed by atoms with Crippen LogP contribution in [0.5, 0.6) is 0 Å². The lowest BCUT2D eigenvalue weighted by Crippen LogP contribution is -2.12. The molecule has 0 bridgehead atoms. The van der Waals surface area contributed by atoms with Crippen LogP contribution in [-0.4, -0.2) is 30.0 Å². The van der Waals surface area contributed by atoms with Crippen LogP contribution in [0.15, 0.2) is 47.8 Å². The van der Waals surface area contributed by atoms with Crippen molar-refractivity contribution in [1.29, 1.82) is 0 Å². The predicted molar refractivity (Wildman–Crippen MR) is 103 cm³/mol. The standard InChI is InChI=1S/C18H19N5OS/c1-12-11-16(23(2)3)22-18(19-12)21-14-8-6-13(7-9-14)20-17(24)15-5-4-10-25-15/h4-11H,1-3H3,(H,20,24)(H,19,21,22). The summed E-state index contributed by atoms with van der Waals surface area (Å²) in [4.78, 5) is 23.5. The van der Waals surface area contributed by atoms with Gasteiger partial charge in [0.2, 0.25) is 5.95 Å². The van der Waals surface area contributed by atoms with Crippen molar-refractivity contribution in [1.82, 2.24) is 9.97 Å². The number of thiophene rings is 1. The van der Waals surface area contributed by atoms with Crippen molar-refractivity contribution in [2.45, 2.75) is 6.92 Å². The molecule has 2 N–H and O–H groups in total. The Kier molecular flexibility index (Phi) is 4.95. The number of carbonyl (C=O) groups is 1. The van der Waals surface area contributed by atoms with Crippen LogP contribution in [0.2, 0.25) is 0 Å². The lowest BCUT2D eigenvalue weighted by atomic mass is 10.2. The van der Waals surface area contributed by atoms with Gasteiger partial charge in [-0.1, -0.05) is 6.07 Å². The summed E-state index contributed by atoms with van der Waals surface area (Å²) in [5, 5.41) is 7.94. The average Bonchev–Trinajstić information content (AvgIpc) is 3.11. The molecule has 3 aromatic rings. The highest BCUT2D eigenvalue weighted by atomic mass is 32.1. The Hall–Kier alpha value is -2.93. The van der Waals surface area contributed by atoms with E-state index in [9.17, 15) is 4.79 Å². The maximum absolute atomic E-state index is 12.0. The fourth-order valence-corrected chi connectivity index (χ4v) is 2.82. The van der Waals surface area contributed by atoms with E-state index in [0.717, 1.165) is 22.9 Å². The third-order valence-corrected chi connectivity index (χ3v) is 4.31. The van der Waals surface area contributed by atoms with Gasteiger partial charge in [0.25, 0.3) is 5.91 Å². The zero-order valence-electron chi connectivity index (χ0n) is 14.3. The Balaban J connectivity index is 1.70. The summed E-state index contributed by atoms with van der Waals surface area (Å²) in [5.74, 6) is 1.28. The number of aryl methyl sites for hydroxylation is 1. The molecule has 0 saturated carbocycles. The van der Waals surface area contributed by atoms with E-state index in [4.69, 9.17) is 0 Å². The SMILES string of the molecule is Cc1cc(N(C)C)nc(Nc2ccc(NC(=O)c3cccs3)cc2)n1. The zero-order chi connectivity index (χ0) is 17.8. The molecule has 2 heterocycles. The van der Waals surface area contributed by atoms with Gasteiger partial charge < -0.3 is 15.5 Å². The largest absolute Gasteiger partial charge is 0.363 e. The number of aromatic nitrogens is 2. The summed E-state index contributed by atoms with van der Waals surface area (Å²) in [6.45, 7) is 1.93. The summed E-state index contributed by atoms with van der Waals surface area (Å²) < 4.78 is 0. The molecule has 3 rings (SSSR count). The molecule has 7 heteroatoms. The summed E-state index contributed by atoms with van der Waals surface area (Å²) in [7, 11) is 3.88. The number of nitrogens with zero attached hydrogens (tertiary/aromatic N) is 3. The smallest absolute Gasteiger partial charge is 0.265 e. The maximum atomic E-state index is 12.0. The van der Waals surface area contributed by atoms with E-state index in [0.29, 0.717) is 10.8 Å². The number of nitrogens with one attached hydrogen (secondary N) is 2. The van der Waals surface area contributed by atoms with Crippen molar-refractivity contribution < 1.29 is 4.79 Å². The van der Waals surface area contributed by atoms with Crippen LogP contribution in [0.4, 0.5) is 23.1 Å². The number of hydrogen-bond acceptors (Lipinski definition) is 6. The quantitative estimate of drug-likeness (QED) is 0.728. The van der Waals surface area contributed by atoms with E-state index >= 15 is 0 Å². The fourth-order valence-electron chi connectivity index (χ4n) is 2.20. The molecule has 1 aromatic carbocycles. The predicted octanol–water partition coefficient (Wildman–Crippen LogP) is 3.91. The number of carbonyl (C=O) groups excluding carboxylic acids is 1. The molecule has 2 aromatic heterocycles. The first kappa shape index (κ1) is 16.9. The van der Waals surface area contributed by atoms with E-state index < -0.39 is 0 Å². The molecule has 25 heavy (non-hydrogen) atoms. The molecule has 128 valence electrons. The van der Waals surface area contributed by atoms with Crippen LogP contribution in [0.3, 0.4) is 0 Å². The third kappa shape index (κ3) is 4.33. The van der Waals surface area contributed by atoms with Crippen molar-refractivity contribution in [3.05, 3.63) is 58.4 Å². The van der Waals surface area contributed by atoms with Crippen LogP contribution < -0.4 is 15.5 Å². The van der Waals surface area contributed by atoms with Crippen LogP contribution in [0.25, 0.3) is 0 Å². The Labute approximate surface area is 150 Å². The molecule has 0 saturated heterocycles. The van der Waals surface area contributed by atoms with E-state index in [1.165, 1.54) is 11.3 Å². The normalized spacial score (nSPS) is 10.4. The lowest BCUT2D eigenvalue weighted by molar-refractivity contribution is 0.103. The van der Waals surface area contributed by atoms with E-state index in [2.05, 4.69) is 20.6 Å². The minimum absolute atomic E-state index is 0.103. The Morgan fingerprint density at radius 3 is 2.44 bits per heavy atom. The highest BCUT2D eigenvalue weighted by Crippen LogP contribution is 2.20. The van der Waals surface area contributed by atoms with Crippen LogP contribution in [-0.2, 0) is 0 Å². The lowest BCUT2D eigenvalue weighted by Gasteiger charge is -2.14. The maximum Gasteiger partial charge on any atom is 0.265 e. The van der Waals surface area contributed by atoms with E-state index in [1.54, 1.807) is 6.07 Å². The first-order valence-electron chi connectivity index (χ1n) is 7.76. The Bertz CT molecular complexity index is 860. The molecule has 1 amide bonds. The monoisotopic (exact) mass is 353 g/mol. The molecule has 0 radical (unpaired) electrons. The summed E-state index contributed by atoms with van der Waals surface area (Å²) >= 11 is 1.42. The van der Waals surface area contributed by atoms with Crippen molar-refractivity contribution >= 4 is 40.4 Å². The average molecular weight is 353 g/mol.